The summed E-state index contributed by atoms with van der Waals surface area (Å²) in [6, 6.07) is 4.21. The van der Waals surface area contributed by atoms with E-state index in [-0.39, 0.29) is 35.4 Å². The third kappa shape index (κ3) is 7.14. The van der Waals surface area contributed by atoms with Gasteiger partial charge in [-0.3, -0.25) is 14.4 Å². The van der Waals surface area contributed by atoms with Gasteiger partial charge in [0.25, 0.3) is 5.91 Å². The first-order valence-electron chi connectivity index (χ1n) is 10.5. The highest BCUT2D eigenvalue weighted by Gasteiger charge is 2.24. The van der Waals surface area contributed by atoms with Crippen molar-refractivity contribution in [1.29, 1.82) is 0 Å². The van der Waals surface area contributed by atoms with Gasteiger partial charge in [-0.1, -0.05) is 6.92 Å². The maximum absolute atomic E-state index is 12.5. The molecule has 3 N–H and O–H groups in total. The van der Waals surface area contributed by atoms with Gasteiger partial charge in [0.05, 0.1) is 17.7 Å². The van der Waals surface area contributed by atoms with Crippen molar-refractivity contribution in [2.45, 2.75) is 41.0 Å². The molecule has 2 rings (SSSR count). The van der Waals surface area contributed by atoms with Crippen molar-refractivity contribution in [1.82, 2.24) is 0 Å². The number of carbonyl (C=O) groups is 5. The predicted octanol–water partition coefficient (Wildman–Crippen LogP) is 3.51. The molecule has 3 amide bonds. The van der Waals surface area contributed by atoms with Crippen molar-refractivity contribution in [2.24, 2.45) is 0 Å². The van der Waals surface area contributed by atoms with Crippen molar-refractivity contribution in [3.8, 4) is 0 Å². The molecule has 0 radical (unpaired) electrons. The Hall–Kier alpha value is -3.73. The van der Waals surface area contributed by atoms with Crippen molar-refractivity contribution in [2.75, 3.05) is 29.2 Å². The number of thiophene rings is 1. The van der Waals surface area contributed by atoms with Gasteiger partial charge in [0.1, 0.15) is 5.00 Å². The Kier molecular flexibility index (Phi) is 9.31. The SMILES string of the molecule is CCOC(=O)c1c(NC(=O)COC(=O)c2cc(NC(C)=O)cc(NC(C)=O)c2)sc(C)c1CC. The molecular weight excluding hydrogens is 462 g/mol. The highest BCUT2D eigenvalue weighted by atomic mass is 32.1. The fourth-order valence-corrected chi connectivity index (χ4v) is 4.33. The molecule has 0 unspecified atom stereocenters. The molecule has 0 saturated carbocycles. The zero-order valence-electron chi connectivity index (χ0n) is 19.6. The zero-order chi connectivity index (χ0) is 25.4. The molecule has 1 aromatic carbocycles. The Labute approximate surface area is 201 Å². The molecule has 10 nitrogen and oxygen atoms in total. The van der Waals surface area contributed by atoms with Crippen LogP contribution in [-0.2, 0) is 30.3 Å². The average Bonchev–Trinajstić information content (AvgIpc) is 3.05. The van der Waals surface area contributed by atoms with E-state index in [4.69, 9.17) is 9.47 Å². The molecule has 11 heteroatoms. The van der Waals surface area contributed by atoms with Crippen LogP contribution in [0.4, 0.5) is 16.4 Å². The van der Waals surface area contributed by atoms with E-state index in [9.17, 15) is 24.0 Å². The number of aryl methyl sites for hydroxylation is 1. The summed E-state index contributed by atoms with van der Waals surface area (Å²) >= 11 is 1.24. The van der Waals surface area contributed by atoms with E-state index >= 15 is 0 Å². The van der Waals surface area contributed by atoms with Gasteiger partial charge in [0, 0.05) is 30.1 Å². The molecule has 0 atom stereocenters. The highest BCUT2D eigenvalue weighted by Crippen LogP contribution is 2.34. The van der Waals surface area contributed by atoms with Gasteiger partial charge < -0.3 is 25.4 Å². The maximum Gasteiger partial charge on any atom is 0.341 e. The monoisotopic (exact) mass is 489 g/mol. The van der Waals surface area contributed by atoms with Crippen LogP contribution < -0.4 is 16.0 Å². The second-order valence-electron chi connectivity index (χ2n) is 7.20. The van der Waals surface area contributed by atoms with Gasteiger partial charge in [-0.2, -0.15) is 0 Å². The predicted molar refractivity (Wildman–Crippen MR) is 128 cm³/mol. The Morgan fingerprint density at radius 3 is 1.94 bits per heavy atom. The van der Waals surface area contributed by atoms with Gasteiger partial charge >= 0.3 is 11.9 Å². The second kappa shape index (κ2) is 11.9. The van der Waals surface area contributed by atoms with Crippen LogP contribution in [0.5, 0.6) is 0 Å². The molecule has 0 aliphatic rings. The number of anilines is 3. The fraction of sp³-hybridized carbons (Fsp3) is 0.348. The van der Waals surface area contributed by atoms with Crippen LogP contribution in [0.25, 0.3) is 0 Å². The van der Waals surface area contributed by atoms with Crippen molar-refractivity contribution < 1.29 is 33.4 Å². The van der Waals surface area contributed by atoms with E-state index < -0.39 is 24.5 Å². The van der Waals surface area contributed by atoms with E-state index in [1.807, 2.05) is 13.8 Å². The van der Waals surface area contributed by atoms with Crippen LogP contribution >= 0.6 is 11.3 Å². The lowest BCUT2D eigenvalue weighted by Crippen LogP contribution is -2.22. The van der Waals surface area contributed by atoms with Gasteiger partial charge in [0.15, 0.2) is 6.61 Å². The molecule has 0 aliphatic heterocycles. The van der Waals surface area contributed by atoms with E-state index in [0.29, 0.717) is 17.0 Å². The van der Waals surface area contributed by atoms with Crippen molar-refractivity contribution in [3.63, 3.8) is 0 Å². The number of benzene rings is 1. The first-order chi connectivity index (χ1) is 16.0. The minimum atomic E-state index is -0.837. The summed E-state index contributed by atoms with van der Waals surface area (Å²) < 4.78 is 10.2. The molecule has 182 valence electrons. The molecule has 0 spiro atoms. The molecular formula is C23H27N3O7S. The van der Waals surface area contributed by atoms with E-state index in [2.05, 4.69) is 16.0 Å². The second-order valence-corrected chi connectivity index (χ2v) is 8.43. The number of hydrogen-bond acceptors (Lipinski definition) is 8. The standard InChI is InChI=1S/C23H27N3O7S/c1-6-18-12(3)34-21(20(18)23(31)32-7-2)26-19(29)11-33-22(30)15-8-16(24-13(4)27)10-17(9-15)25-14(5)28/h8-10H,6-7,11H2,1-5H3,(H,24,27)(H,25,28)(H,26,29). The number of esters is 2. The average molecular weight is 490 g/mol. The van der Waals surface area contributed by atoms with Crippen LogP contribution in [0.15, 0.2) is 18.2 Å². The van der Waals surface area contributed by atoms with Gasteiger partial charge in [0.2, 0.25) is 11.8 Å². The number of nitrogens with one attached hydrogen (secondary N) is 3. The molecule has 1 heterocycles. The van der Waals surface area contributed by atoms with Crippen LogP contribution in [-0.4, -0.2) is 42.9 Å². The highest BCUT2D eigenvalue weighted by molar-refractivity contribution is 7.16. The lowest BCUT2D eigenvalue weighted by molar-refractivity contribution is -0.119. The third-order valence-corrected chi connectivity index (χ3v) is 5.50. The quantitative estimate of drug-likeness (QED) is 0.458. The molecule has 0 bridgehead atoms. The summed E-state index contributed by atoms with van der Waals surface area (Å²) in [4.78, 5) is 61.0. The summed E-state index contributed by atoms with van der Waals surface area (Å²) in [5, 5.41) is 8.01. The molecule has 2 aromatic rings. The zero-order valence-corrected chi connectivity index (χ0v) is 20.4. The Bertz CT molecular complexity index is 1090. The Morgan fingerprint density at radius 2 is 1.44 bits per heavy atom. The van der Waals surface area contributed by atoms with Gasteiger partial charge in [-0.05, 0) is 44.0 Å². The largest absolute Gasteiger partial charge is 0.462 e. The van der Waals surface area contributed by atoms with E-state index in [1.165, 1.54) is 43.4 Å². The van der Waals surface area contributed by atoms with Crippen LogP contribution in [0.3, 0.4) is 0 Å². The van der Waals surface area contributed by atoms with Gasteiger partial charge in [-0.15, -0.1) is 11.3 Å². The van der Waals surface area contributed by atoms with E-state index in [1.54, 1.807) is 6.92 Å². The summed E-state index contributed by atoms with van der Waals surface area (Å²) in [6.45, 7) is 7.62. The number of carbonyl (C=O) groups excluding carboxylic acids is 5. The topological polar surface area (TPSA) is 140 Å². The summed E-state index contributed by atoms with van der Waals surface area (Å²) in [5.41, 5.74) is 1.66. The smallest absolute Gasteiger partial charge is 0.341 e. The minimum Gasteiger partial charge on any atom is -0.462 e. The Balaban J connectivity index is 2.15. The minimum absolute atomic E-state index is 0.0234. The summed E-state index contributed by atoms with van der Waals surface area (Å²) in [7, 11) is 0. The van der Waals surface area contributed by atoms with Crippen molar-refractivity contribution in [3.05, 3.63) is 39.8 Å². The number of ether oxygens (including phenoxy) is 2. The fourth-order valence-electron chi connectivity index (χ4n) is 3.19. The van der Waals surface area contributed by atoms with Crippen LogP contribution in [0.2, 0.25) is 0 Å². The number of amides is 3. The molecule has 0 saturated heterocycles. The lowest BCUT2D eigenvalue weighted by atomic mass is 10.1. The summed E-state index contributed by atoms with van der Waals surface area (Å²) in [6.07, 6.45) is 0.586. The van der Waals surface area contributed by atoms with E-state index in [0.717, 1.165) is 10.4 Å². The number of hydrogen-bond donors (Lipinski definition) is 3. The molecule has 0 fully saturated rings. The van der Waals surface area contributed by atoms with Crippen LogP contribution in [0.1, 0.15) is 58.9 Å². The normalized spacial score (nSPS) is 10.3. The molecule has 1 aromatic heterocycles. The maximum atomic E-state index is 12.5. The first kappa shape index (κ1) is 26.5. The first-order valence-corrected chi connectivity index (χ1v) is 11.3. The molecule has 0 aliphatic carbocycles. The van der Waals surface area contributed by atoms with Gasteiger partial charge in [-0.25, -0.2) is 9.59 Å². The number of rotatable bonds is 9. The van der Waals surface area contributed by atoms with Crippen LogP contribution in [0, 0.1) is 6.92 Å². The lowest BCUT2D eigenvalue weighted by Gasteiger charge is -2.11. The molecule has 34 heavy (non-hydrogen) atoms. The third-order valence-electron chi connectivity index (χ3n) is 4.44. The van der Waals surface area contributed by atoms with Crippen molar-refractivity contribution >= 4 is 57.4 Å². The Morgan fingerprint density at radius 1 is 0.853 bits per heavy atom. The summed E-state index contributed by atoms with van der Waals surface area (Å²) in [5.74, 6) is -2.74.